The molecule has 3 aliphatic carbocycles. The number of rotatable bonds is 46. The highest BCUT2D eigenvalue weighted by Gasteiger charge is 2.52. The molecule has 0 amide bonds. The van der Waals surface area contributed by atoms with Gasteiger partial charge in [-0.2, -0.15) is 0 Å². The molecule has 0 saturated heterocycles. The first-order valence-electron chi connectivity index (χ1n) is 33.6. The molecule has 3 aliphatic rings. The Balaban J connectivity index is 1.51. The van der Waals surface area contributed by atoms with Gasteiger partial charge in [-0.05, 0) is 199 Å². The Morgan fingerprint density at radius 3 is 1.06 bits per heavy atom. The molecule has 0 radical (unpaired) electrons. The van der Waals surface area contributed by atoms with Gasteiger partial charge in [0.05, 0.1) is 0 Å². The van der Waals surface area contributed by atoms with Crippen LogP contribution in [0.15, 0.2) is 48.6 Å². The summed E-state index contributed by atoms with van der Waals surface area (Å²) >= 11 is 0. The standard InChI is InChI=1S/C72H132/c1-9-13-17-19-21-23-25-27-29-31-33-35-37-39-41-45-55-71(56-46-42-40-38-36-34-32-30-28-26-24-22-20-18-14-10-2)57-59-72(60-58-71)63-67-61-65(49-43-47-53-69(5,6)51-15-11-3)66(62-68(67)64-72)50-44-48-54-70(7,8)52-16-12-4/h21-24,27-30,65-68H,9-20,25-26,31-64H2,1-8H3/b23-21-,24-22-,29-27-,30-28-/t65-,66+,67-,68+. The van der Waals surface area contributed by atoms with Crippen molar-refractivity contribution in [2.45, 2.75) is 364 Å². The van der Waals surface area contributed by atoms with Gasteiger partial charge in [-0.15, -0.1) is 0 Å². The van der Waals surface area contributed by atoms with Crippen molar-refractivity contribution in [2.75, 3.05) is 0 Å². The van der Waals surface area contributed by atoms with E-state index in [1.54, 1.807) is 64.2 Å². The van der Waals surface area contributed by atoms with Crippen LogP contribution in [0, 0.1) is 45.3 Å². The van der Waals surface area contributed by atoms with E-state index in [9.17, 15) is 0 Å². The lowest BCUT2D eigenvalue weighted by molar-refractivity contribution is 0.0568. The van der Waals surface area contributed by atoms with Gasteiger partial charge in [0.2, 0.25) is 0 Å². The first-order valence-corrected chi connectivity index (χ1v) is 33.6. The monoisotopic (exact) mass is 997 g/mol. The maximum absolute atomic E-state index is 2.56. The fourth-order valence-corrected chi connectivity index (χ4v) is 14.9. The Morgan fingerprint density at radius 2 is 0.681 bits per heavy atom. The minimum absolute atomic E-state index is 0.538. The van der Waals surface area contributed by atoms with Crippen LogP contribution in [0.3, 0.4) is 0 Å². The van der Waals surface area contributed by atoms with Crippen LogP contribution in [0.1, 0.15) is 364 Å². The van der Waals surface area contributed by atoms with E-state index in [2.05, 4.69) is 104 Å². The quantitative estimate of drug-likeness (QED) is 0.0421. The molecular formula is C72H132. The van der Waals surface area contributed by atoms with E-state index in [0.717, 1.165) is 36.5 Å². The van der Waals surface area contributed by atoms with Gasteiger partial charge in [-0.3, -0.25) is 0 Å². The third-order valence-electron chi connectivity index (χ3n) is 19.9. The van der Waals surface area contributed by atoms with Gasteiger partial charge in [-0.1, -0.05) is 258 Å². The topological polar surface area (TPSA) is 0 Å². The van der Waals surface area contributed by atoms with E-state index in [-0.39, 0.29) is 0 Å². The summed E-state index contributed by atoms with van der Waals surface area (Å²) in [4.78, 5) is 0. The van der Waals surface area contributed by atoms with Crippen molar-refractivity contribution >= 4 is 0 Å². The molecule has 0 N–H and O–H groups in total. The highest BCUT2D eigenvalue weighted by molar-refractivity contribution is 5.03. The molecule has 1 spiro atoms. The summed E-state index contributed by atoms with van der Waals surface area (Å²) in [6, 6.07) is 0. The van der Waals surface area contributed by atoms with Gasteiger partial charge in [-0.25, -0.2) is 0 Å². The van der Waals surface area contributed by atoms with Crippen LogP contribution in [0.5, 0.6) is 0 Å². The second kappa shape index (κ2) is 40.2. The molecule has 420 valence electrons. The van der Waals surface area contributed by atoms with Crippen molar-refractivity contribution in [1.29, 1.82) is 0 Å². The third-order valence-corrected chi connectivity index (χ3v) is 19.9. The van der Waals surface area contributed by atoms with Gasteiger partial charge in [0.25, 0.3) is 0 Å². The lowest BCUT2D eigenvalue weighted by atomic mass is 9.59. The van der Waals surface area contributed by atoms with E-state index >= 15 is 0 Å². The highest BCUT2D eigenvalue weighted by Crippen LogP contribution is 2.63. The average Bonchev–Trinajstić information content (AvgIpc) is 3.72. The summed E-state index contributed by atoms with van der Waals surface area (Å²) < 4.78 is 0. The first-order chi connectivity index (χ1) is 35.0. The lowest BCUT2D eigenvalue weighted by Crippen LogP contribution is -2.33. The van der Waals surface area contributed by atoms with Crippen molar-refractivity contribution < 1.29 is 0 Å². The summed E-state index contributed by atoms with van der Waals surface area (Å²) in [5, 5.41) is 0. The van der Waals surface area contributed by atoms with E-state index in [0.29, 0.717) is 21.7 Å². The zero-order valence-electron chi connectivity index (χ0n) is 50.9. The molecule has 72 heavy (non-hydrogen) atoms. The summed E-state index contributed by atoms with van der Waals surface area (Å²) in [5.41, 5.74) is 2.43. The summed E-state index contributed by atoms with van der Waals surface area (Å²) in [5.74, 6) is 4.13. The molecule has 4 atom stereocenters. The van der Waals surface area contributed by atoms with E-state index in [1.807, 2.05) is 0 Å². The normalized spacial score (nSPS) is 21.4. The van der Waals surface area contributed by atoms with Crippen LogP contribution in [0.25, 0.3) is 0 Å². The maximum Gasteiger partial charge on any atom is -0.0169 e. The maximum atomic E-state index is 2.56. The molecule has 3 fully saturated rings. The second-order valence-corrected chi connectivity index (χ2v) is 27.6. The number of unbranched alkanes of at least 4 members (excludes halogenated alkanes) is 22. The van der Waals surface area contributed by atoms with E-state index in [4.69, 9.17) is 0 Å². The van der Waals surface area contributed by atoms with Gasteiger partial charge in [0, 0.05) is 0 Å². The molecule has 3 rings (SSSR count). The Bertz CT molecular complexity index is 1260. The zero-order valence-corrected chi connectivity index (χ0v) is 50.9. The Hall–Kier alpha value is -1.04. The van der Waals surface area contributed by atoms with Crippen molar-refractivity contribution in [1.82, 2.24) is 0 Å². The second-order valence-electron chi connectivity index (χ2n) is 27.6. The van der Waals surface area contributed by atoms with Crippen molar-refractivity contribution in [3.63, 3.8) is 0 Å². The molecule has 0 aromatic rings. The van der Waals surface area contributed by atoms with Crippen molar-refractivity contribution in [2.24, 2.45) is 45.3 Å². The lowest BCUT2D eigenvalue weighted by Gasteiger charge is -2.46. The van der Waals surface area contributed by atoms with Crippen LogP contribution < -0.4 is 0 Å². The average molecular weight is 998 g/mol. The molecule has 0 heteroatoms. The third kappa shape index (κ3) is 30.0. The number of fused-ring (bicyclic) bond motifs is 1. The predicted molar refractivity (Wildman–Crippen MR) is 327 cm³/mol. The molecule has 0 aromatic heterocycles. The summed E-state index contributed by atoms with van der Waals surface area (Å²) in [7, 11) is 0. The SMILES string of the molecule is CCCCC/C=C\C/C=C\CCCCCCCCC1(CCCCCCCC/C=C\C/C=C\CCCCC)CCC2(CC1)C[C@H]1C[C@@H](CCCCC(C)(C)CCCC)[C@@H](CCCCC(C)(C)CCCC)C[C@H]1C2. The van der Waals surface area contributed by atoms with Gasteiger partial charge < -0.3 is 0 Å². The molecule has 0 bridgehead atoms. The molecule has 0 heterocycles. The zero-order chi connectivity index (χ0) is 51.9. The van der Waals surface area contributed by atoms with Crippen LogP contribution in [-0.4, -0.2) is 0 Å². The molecule has 3 saturated carbocycles. The number of allylic oxidation sites excluding steroid dienone is 8. The van der Waals surface area contributed by atoms with Crippen LogP contribution in [0.4, 0.5) is 0 Å². The Morgan fingerprint density at radius 1 is 0.347 bits per heavy atom. The van der Waals surface area contributed by atoms with Gasteiger partial charge >= 0.3 is 0 Å². The first kappa shape index (κ1) is 65.2. The largest absolute Gasteiger partial charge is 0.0882 e. The number of hydrogen-bond donors (Lipinski definition) is 0. The highest BCUT2D eigenvalue weighted by atomic mass is 14.6. The van der Waals surface area contributed by atoms with Gasteiger partial charge in [0.1, 0.15) is 0 Å². The minimum Gasteiger partial charge on any atom is -0.0882 e. The Kier molecular flexibility index (Phi) is 36.4. The molecule has 0 aliphatic heterocycles. The predicted octanol–water partition coefficient (Wildman–Crippen LogP) is 25.5. The number of hydrogen-bond acceptors (Lipinski definition) is 0. The van der Waals surface area contributed by atoms with E-state index in [1.165, 1.54) is 231 Å². The fraction of sp³-hybridized carbons (Fsp3) is 0.889. The summed E-state index contributed by atoms with van der Waals surface area (Å²) in [6.45, 7) is 19.6. The van der Waals surface area contributed by atoms with Crippen LogP contribution >= 0.6 is 0 Å². The van der Waals surface area contributed by atoms with E-state index < -0.39 is 0 Å². The molecule has 0 nitrogen and oxygen atoms in total. The van der Waals surface area contributed by atoms with Crippen LogP contribution in [0.2, 0.25) is 0 Å². The van der Waals surface area contributed by atoms with Crippen LogP contribution in [-0.2, 0) is 0 Å². The fourth-order valence-electron chi connectivity index (χ4n) is 14.9. The molecular weight excluding hydrogens is 865 g/mol. The molecule has 0 aromatic carbocycles. The minimum atomic E-state index is 0.538. The molecule has 0 unspecified atom stereocenters. The van der Waals surface area contributed by atoms with Crippen molar-refractivity contribution in [3.8, 4) is 0 Å². The Labute approximate surface area is 455 Å². The van der Waals surface area contributed by atoms with Gasteiger partial charge in [0.15, 0.2) is 0 Å². The van der Waals surface area contributed by atoms with Crippen molar-refractivity contribution in [3.05, 3.63) is 48.6 Å². The smallest absolute Gasteiger partial charge is 0.0169 e. The summed E-state index contributed by atoms with van der Waals surface area (Å²) in [6.07, 6.45) is 88.2.